The fourth-order valence-corrected chi connectivity index (χ4v) is 1.99. The second kappa shape index (κ2) is 5.45. The minimum atomic E-state index is 0.139. The van der Waals surface area contributed by atoms with Gasteiger partial charge in [-0.25, -0.2) is 0 Å². The molecule has 0 saturated carbocycles. The van der Waals surface area contributed by atoms with E-state index in [2.05, 4.69) is 40.9 Å². The van der Waals surface area contributed by atoms with Gasteiger partial charge in [-0.3, -0.25) is 11.3 Å². The minimum Gasteiger partial charge on any atom is -0.271 e. The van der Waals surface area contributed by atoms with Crippen molar-refractivity contribution in [2.75, 3.05) is 0 Å². The van der Waals surface area contributed by atoms with Gasteiger partial charge in [-0.1, -0.05) is 33.6 Å². The lowest BCUT2D eigenvalue weighted by Crippen LogP contribution is -2.28. The van der Waals surface area contributed by atoms with E-state index in [1.54, 1.807) is 0 Å². The van der Waals surface area contributed by atoms with Crippen LogP contribution in [0.1, 0.15) is 30.5 Å². The summed E-state index contributed by atoms with van der Waals surface area (Å²) in [7, 11) is 0. The first-order valence-corrected chi connectivity index (χ1v) is 5.71. The number of benzene rings is 1. The summed E-state index contributed by atoms with van der Waals surface area (Å²) in [4.78, 5) is 0. The SMILES string of the molecule is C=C(C)CC(NN)c1cccc(Br)c1C. The van der Waals surface area contributed by atoms with E-state index in [1.807, 2.05) is 19.1 Å². The highest BCUT2D eigenvalue weighted by Crippen LogP contribution is 2.27. The molecule has 0 aliphatic carbocycles. The van der Waals surface area contributed by atoms with Gasteiger partial charge in [-0.2, -0.15) is 0 Å². The van der Waals surface area contributed by atoms with Crippen molar-refractivity contribution >= 4 is 15.9 Å². The fourth-order valence-electron chi connectivity index (χ4n) is 1.61. The Morgan fingerprint density at radius 1 is 1.60 bits per heavy atom. The first-order chi connectivity index (χ1) is 7.06. The van der Waals surface area contributed by atoms with Crippen molar-refractivity contribution in [1.29, 1.82) is 0 Å². The number of halogens is 1. The predicted molar refractivity (Wildman–Crippen MR) is 68.4 cm³/mol. The highest BCUT2D eigenvalue weighted by Gasteiger charge is 2.13. The average molecular weight is 269 g/mol. The van der Waals surface area contributed by atoms with E-state index in [1.165, 1.54) is 11.1 Å². The molecule has 0 heterocycles. The number of hydrogen-bond acceptors (Lipinski definition) is 2. The summed E-state index contributed by atoms with van der Waals surface area (Å²) in [5, 5.41) is 0. The second-order valence-corrected chi connectivity index (χ2v) is 4.69. The number of rotatable bonds is 4. The van der Waals surface area contributed by atoms with Crippen molar-refractivity contribution in [2.45, 2.75) is 26.3 Å². The maximum Gasteiger partial charge on any atom is 0.0499 e. The number of nitrogens with two attached hydrogens (primary N) is 1. The molecular formula is C12H17BrN2. The number of hydrogen-bond donors (Lipinski definition) is 2. The molecular weight excluding hydrogens is 252 g/mol. The van der Waals surface area contributed by atoms with Crippen LogP contribution < -0.4 is 11.3 Å². The van der Waals surface area contributed by atoms with E-state index in [4.69, 9.17) is 5.84 Å². The summed E-state index contributed by atoms with van der Waals surface area (Å²) >= 11 is 3.52. The van der Waals surface area contributed by atoms with Crippen LogP contribution in [0.15, 0.2) is 34.8 Å². The molecule has 0 aliphatic rings. The first kappa shape index (κ1) is 12.4. The largest absolute Gasteiger partial charge is 0.271 e. The normalized spacial score (nSPS) is 12.5. The molecule has 1 unspecified atom stereocenters. The Balaban J connectivity index is 3.01. The molecule has 0 saturated heterocycles. The molecule has 3 heteroatoms. The number of nitrogens with one attached hydrogen (secondary N) is 1. The van der Waals surface area contributed by atoms with E-state index in [-0.39, 0.29) is 6.04 Å². The van der Waals surface area contributed by atoms with Gasteiger partial charge in [-0.05, 0) is 37.5 Å². The van der Waals surface area contributed by atoms with Gasteiger partial charge in [-0.15, -0.1) is 6.58 Å². The van der Waals surface area contributed by atoms with E-state index in [0.29, 0.717) is 0 Å². The lowest BCUT2D eigenvalue weighted by atomic mass is 9.97. The van der Waals surface area contributed by atoms with Crippen molar-refractivity contribution in [2.24, 2.45) is 5.84 Å². The van der Waals surface area contributed by atoms with Gasteiger partial charge in [0.25, 0.3) is 0 Å². The van der Waals surface area contributed by atoms with Crippen LogP contribution in [0.4, 0.5) is 0 Å². The third-order valence-corrected chi connectivity index (χ3v) is 3.30. The van der Waals surface area contributed by atoms with Crippen LogP contribution in [0.25, 0.3) is 0 Å². The predicted octanol–water partition coefficient (Wildman–Crippen LogP) is 3.23. The molecule has 0 aromatic heterocycles. The van der Waals surface area contributed by atoms with Crippen LogP contribution >= 0.6 is 15.9 Å². The number of hydrazine groups is 1. The van der Waals surface area contributed by atoms with Crippen LogP contribution in [0, 0.1) is 6.92 Å². The van der Waals surface area contributed by atoms with Gasteiger partial charge >= 0.3 is 0 Å². The lowest BCUT2D eigenvalue weighted by Gasteiger charge is -2.19. The Morgan fingerprint density at radius 2 is 2.27 bits per heavy atom. The van der Waals surface area contributed by atoms with E-state index in [9.17, 15) is 0 Å². The molecule has 1 aromatic carbocycles. The molecule has 0 amide bonds. The molecule has 15 heavy (non-hydrogen) atoms. The van der Waals surface area contributed by atoms with Gasteiger partial charge in [0.05, 0.1) is 0 Å². The van der Waals surface area contributed by atoms with Gasteiger partial charge < -0.3 is 0 Å². The van der Waals surface area contributed by atoms with Crippen molar-refractivity contribution in [3.8, 4) is 0 Å². The van der Waals surface area contributed by atoms with Gasteiger partial charge in [0.2, 0.25) is 0 Å². The first-order valence-electron chi connectivity index (χ1n) is 4.91. The molecule has 0 bridgehead atoms. The highest BCUT2D eigenvalue weighted by atomic mass is 79.9. The zero-order valence-electron chi connectivity index (χ0n) is 9.18. The third kappa shape index (κ3) is 3.16. The van der Waals surface area contributed by atoms with Crippen LogP contribution in [0.5, 0.6) is 0 Å². The maximum absolute atomic E-state index is 5.57. The quantitative estimate of drug-likeness (QED) is 0.500. The second-order valence-electron chi connectivity index (χ2n) is 3.83. The van der Waals surface area contributed by atoms with Gasteiger partial charge in [0.15, 0.2) is 0 Å². The minimum absolute atomic E-state index is 0.139. The van der Waals surface area contributed by atoms with Crippen LogP contribution in [-0.4, -0.2) is 0 Å². The van der Waals surface area contributed by atoms with Crippen LogP contribution in [0.3, 0.4) is 0 Å². The maximum atomic E-state index is 5.57. The topological polar surface area (TPSA) is 38.0 Å². The fraction of sp³-hybridized carbons (Fsp3) is 0.333. The molecule has 0 spiro atoms. The monoisotopic (exact) mass is 268 g/mol. The Hall–Kier alpha value is -0.640. The zero-order chi connectivity index (χ0) is 11.4. The third-order valence-electron chi connectivity index (χ3n) is 2.44. The highest BCUT2D eigenvalue weighted by molar-refractivity contribution is 9.10. The van der Waals surface area contributed by atoms with Crippen molar-refractivity contribution in [3.05, 3.63) is 46.0 Å². The van der Waals surface area contributed by atoms with Gasteiger partial charge in [0.1, 0.15) is 0 Å². The summed E-state index contributed by atoms with van der Waals surface area (Å²) in [5.74, 6) is 5.57. The molecule has 1 rings (SSSR count). The molecule has 0 fully saturated rings. The van der Waals surface area contributed by atoms with Crippen LogP contribution in [-0.2, 0) is 0 Å². The molecule has 0 radical (unpaired) electrons. The Bertz CT molecular complexity index is 361. The molecule has 1 atom stereocenters. The molecule has 2 nitrogen and oxygen atoms in total. The molecule has 82 valence electrons. The summed E-state index contributed by atoms with van der Waals surface area (Å²) in [6.45, 7) is 8.01. The van der Waals surface area contributed by atoms with Gasteiger partial charge in [0, 0.05) is 10.5 Å². The average Bonchev–Trinajstić information content (AvgIpc) is 2.19. The Labute approximate surface area is 99.7 Å². The van der Waals surface area contributed by atoms with Crippen molar-refractivity contribution in [1.82, 2.24) is 5.43 Å². The zero-order valence-corrected chi connectivity index (χ0v) is 10.8. The summed E-state index contributed by atoms with van der Waals surface area (Å²) < 4.78 is 1.11. The summed E-state index contributed by atoms with van der Waals surface area (Å²) in [6.07, 6.45) is 0.855. The molecule has 1 aromatic rings. The molecule has 3 N–H and O–H groups in total. The smallest absolute Gasteiger partial charge is 0.0499 e. The van der Waals surface area contributed by atoms with E-state index < -0.39 is 0 Å². The van der Waals surface area contributed by atoms with E-state index >= 15 is 0 Å². The Morgan fingerprint density at radius 3 is 2.80 bits per heavy atom. The van der Waals surface area contributed by atoms with Crippen molar-refractivity contribution in [3.63, 3.8) is 0 Å². The summed E-state index contributed by atoms with van der Waals surface area (Å²) in [6, 6.07) is 6.29. The lowest BCUT2D eigenvalue weighted by molar-refractivity contribution is 0.547. The standard InChI is InChI=1S/C12H17BrN2/c1-8(2)7-12(15-14)10-5-4-6-11(13)9(10)3/h4-6,12,15H,1,7,14H2,2-3H3. The van der Waals surface area contributed by atoms with E-state index in [0.717, 1.165) is 16.5 Å². The van der Waals surface area contributed by atoms with Crippen molar-refractivity contribution < 1.29 is 0 Å². The summed E-state index contributed by atoms with van der Waals surface area (Å²) in [5.41, 5.74) is 6.40. The van der Waals surface area contributed by atoms with Crippen LogP contribution in [0.2, 0.25) is 0 Å². The molecule has 0 aliphatic heterocycles. The Kier molecular flexibility index (Phi) is 4.51.